The van der Waals surface area contributed by atoms with Crippen molar-refractivity contribution >= 4 is 0 Å². The maximum absolute atomic E-state index is 6.26. The smallest absolute Gasteiger partial charge is 0.212 e. The minimum atomic E-state index is 0.293. The van der Waals surface area contributed by atoms with Crippen molar-refractivity contribution in [1.82, 2.24) is 9.78 Å². The van der Waals surface area contributed by atoms with Crippen LogP contribution >= 0.6 is 0 Å². The van der Waals surface area contributed by atoms with Gasteiger partial charge >= 0.3 is 0 Å². The van der Waals surface area contributed by atoms with Crippen molar-refractivity contribution in [3.8, 4) is 5.88 Å². The summed E-state index contributed by atoms with van der Waals surface area (Å²) in [6.45, 7) is 3.58. The van der Waals surface area contributed by atoms with Gasteiger partial charge in [-0.05, 0) is 43.6 Å². The zero-order chi connectivity index (χ0) is 17.1. The van der Waals surface area contributed by atoms with Gasteiger partial charge in [-0.25, -0.2) is 4.68 Å². The summed E-state index contributed by atoms with van der Waals surface area (Å²) in [5.41, 5.74) is 2.30. The topological polar surface area (TPSA) is 36.3 Å². The summed E-state index contributed by atoms with van der Waals surface area (Å²) in [4.78, 5) is 0. The monoisotopic (exact) mass is 340 g/mol. The Labute approximate surface area is 150 Å². The van der Waals surface area contributed by atoms with E-state index in [9.17, 15) is 0 Å². The first-order valence-electron chi connectivity index (χ1n) is 9.70. The molecule has 3 aliphatic rings. The lowest BCUT2D eigenvalue weighted by Crippen LogP contribution is -2.43. The van der Waals surface area contributed by atoms with Crippen LogP contribution in [0.2, 0.25) is 0 Å². The predicted octanol–water partition coefficient (Wildman–Crippen LogP) is 4.37. The summed E-state index contributed by atoms with van der Waals surface area (Å²) >= 11 is 0. The highest BCUT2D eigenvalue weighted by Crippen LogP contribution is 2.38. The number of benzene rings is 1. The van der Waals surface area contributed by atoms with Gasteiger partial charge in [0.1, 0.15) is 6.61 Å². The van der Waals surface area contributed by atoms with Gasteiger partial charge in [-0.15, -0.1) is 0 Å². The summed E-state index contributed by atoms with van der Waals surface area (Å²) < 4.78 is 14.4. The van der Waals surface area contributed by atoms with Crippen molar-refractivity contribution in [1.29, 1.82) is 0 Å². The highest BCUT2D eigenvalue weighted by atomic mass is 16.5. The molecule has 2 aromatic rings. The van der Waals surface area contributed by atoms with Crippen LogP contribution in [-0.2, 0) is 24.3 Å². The van der Waals surface area contributed by atoms with Crippen LogP contribution in [0.15, 0.2) is 36.4 Å². The molecule has 3 heterocycles. The molecular weight excluding hydrogens is 312 g/mol. The molecule has 134 valence electrons. The molecule has 1 atom stereocenters. The minimum Gasteiger partial charge on any atom is -0.473 e. The standard InChI is InChI=1S/C21H28N2O2/c1-2-6-18-13-21(24-15-16-7-4-3-5-8-16)23(22-18)14-20-17-9-11-19(25-20)12-10-17/h3-5,7-8,13,17,19-20H,2,6,9-12,14-15H2,1H3. The number of ether oxygens (including phenoxy) is 2. The van der Waals surface area contributed by atoms with Crippen molar-refractivity contribution in [2.75, 3.05) is 0 Å². The van der Waals surface area contributed by atoms with Gasteiger partial charge in [0.05, 0.1) is 24.4 Å². The van der Waals surface area contributed by atoms with E-state index >= 15 is 0 Å². The molecule has 5 rings (SSSR count). The molecule has 4 nitrogen and oxygen atoms in total. The van der Waals surface area contributed by atoms with Crippen LogP contribution in [0.3, 0.4) is 0 Å². The lowest BCUT2D eigenvalue weighted by atomic mass is 9.80. The second-order valence-corrected chi connectivity index (χ2v) is 7.39. The summed E-state index contributed by atoms with van der Waals surface area (Å²) in [5.74, 6) is 1.56. The van der Waals surface area contributed by atoms with Crippen LogP contribution in [0.4, 0.5) is 0 Å². The Morgan fingerprint density at radius 3 is 2.64 bits per heavy atom. The molecule has 1 aromatic heterocycles. The van der Waals surface area contributed by atoms with Crippen LogP contribution in [0.25, 0.3) is 0 Å². The van der Waals surface area contributed by atoms with E-state index in [2.05, 4.69) is 25.1 Å². The van der Waals surface area contributed by atoms with Crippen LogP contribution < -0.4 is 4.74 Å². The van der Waals surface area contributed by atoms with E-state index in [4.69, 9.17) is 14.6 Å². The van der Waals surface area contributed by atoms with E-state index in [0.29, 0.717) is 24.7 Å². The molecule has 0 radical (unpaired) electrons. The van der Waals surface area contributed by atoms with Gasteiger partial charge < -0.3 is 9.47 Å². The zero-order valence-corrected chi connectivity index (χ0v) is 15.1. The number of hydrogen-bond donors (Lipinski definition) is 0. The second-order valence-electron chi connectivity index (χ2n) is 7.39. The molecule has 25 heavy (non-hydrogen) atoms. The summed E-state index contributed by atoms with van der Waals surface area (Å²) in [7, 11) is 0. The molecule has 2 saturated heterocycles. The molecule has 2 bridgehead atoms. The van der Waals surface area contributed by atoms with Gasteiger partial charge in [0.2, 0.25) is 5.88 Å². The highest BCUT2D eigenvalue weighted by Gasteiger charge is 2.37. The number of hydrogen-bond acceptors (Lipinski definition) is 3. The maximum Gasteiger partial charge on any atom is 0.212 e. The fourth-order valence-electron chi connectivity index (χ4n) is 4.12. The van der Waals surface area contributed by atoms with E-state index in [1.807, 2.05) is 22.9 Å². The fourth-order valence-corrected chi connectivity index (χ4v) is 4.12. The molecule has 3 fully saturated rings. The van der Waals surface area contributed by atoms with E-state index in [0.717, 1.165) is 31.0 Å². The van der Waals surface area contributed by atoms with Gasteiger partial charge in [-0.2, -0.15) is 5.10 Å². The van der Waals surface area contributed by atoms with Crippen LogP contribution in [0, 0.1) is 5.92 Å². The molecular formula is C21H28N2O2. The lowest BCUT2D eigenvalue weighted by molar-refractivity contribution is -0.131. The average molecular weight is 340 g/mol. The Hall–Kier alpha value is -1.81. The normalized spacial score (nSPS) is 25.2. The van der Waals surface area contributed by atoms with Gasteiger partial charge in [-0.3, -0.25) is 0 Å². The molecule has 0 N–H and O–H groups in total. The van der Waals surface area contributed by atoms with Gasteiger partial charge in [-0.1, -0.05) is 43.7 Å². The molecule has 1 aliphatic carbocycles. The van der Waals surface area contributed by atoms with Crippen molar-refractivity contribution in [2.45, 2.75) is 70.8 Å². The Morgan fingerprint density at radius 1 is 1.16 bits per heavy atom. The first-order chi connectivity index (χ1) is 12.3. The minimum absolute atomic E-state index is 0.293. The Bertz CT molecular complexity index is 674. The first-order valence-corrected chi connectivity index (χ1v) is 9.70. The Kier molecular flexibility index (Phi) is 5.07. The average Bonchev–Trinajstić information content (AvgIpc) is 3.03. The Balaban J connectivity index is 1.47. The van der Waals surface area contributed by atoms with E-state index < -0.39 is 0 Å². The van der Waals surface area contributed by atoms with Gasteiger partial charge in [0, 0.05) is 6.07 Å². The lowest BCUT2D eigenvalue weighted by Gasteiger charge is -2.42. The summed E-state index contributed by atoms with van der Waals surface area (Å²) in [5, 5.41) is 4.80. The molecule has 2 aliphatic heterocycles. The fraction of sp³-hybridized carbons (Fsp3) is 0.571. The zero-order valence-electron chi connectivity index (χ0n) is 15.1. The maximum atomic E-state index is 6.26. The highest BCUT2D eigenvalue weighted by molar-refractivity contribution is 5.19. The van der Waals surface area contributed by atoms with Crippen molar-refractivity contribution < 1.29 is 9.47 Å². The van der Waals surface area contributed by atoms with Crippen molar-refractivity contribution in [2.24, 2.45) is 5.92 Å². The number of aryl methyl sites for hydroxylation is 1. The quantitative estimate of drug-likeness (QED) is 0.751. The summed E-state index contributed by atoms with van der Waals surface area (Å²) in [6, 6.07) is 12.4. The molecule has 0 amide bonds. The third-order valence-electron chi connectivity index (χ3n) is 5.49. The third-order valence-corrected chi connectivity index (χ3v) is 5.49. The number of aromatic nitrogens is 2. The van der Waals surface area contributed by atoms with Crippen molar-refractivity contribution in [3.63, 3.8) is 0 Å². The number of fused-ring (bicyclic) bond motifs is 3. The number of nitrogens with zero attached hydrogens (tertiary/aromatic N) is 2. The van der Waals surface area contributed by atoms with E-state index in [1.165, 1.54) is 31.2 Å². The van der Waals surface area contributed by atoms with Crippen LogP contribution in [-0.4, -0.2) is 22.0 Å². The van der Waals surface area contributed by atoms with Crippen molar-refractivity contribution in [3.05, 3.63) is 47.7 Å². The van der Waals surface area contributed by atoms with Crippen LogP contribution in [0.1, 0.15) is 50.3 Å². The summed E-state index contributed by atoms with van der Waals surface area (Å²) in [6.07, 6.45) is 7.93. The van der Waals surface area contributed by atoms with E-state index in [1.54, 1.807) is 0 Å². The number of rotatable bonds is 7. The largest absolute Gasteiger partial charge is 0.473 e. The first kappa shape index (κ1) is 16.6. The Morgan fingerprint density at radius 2 is 1.96 bits per heavy atom. The second kappa shape index (κ2) is 7.61. The van der Waals surface area contributed by atoms with Crippen LogP contribution in [0.5, 0.6) is 5.88 Å². The molecule has 0 spiro atoms. The molecule has 1 unspecified atom stereocenters. The van der Waals surface area contributed by atoms with Gasteiger partial charge in [0.15, 0.2) is 0 Å². The third kappa shape index (κ3) is 3.90. The predicted molar refractivity (Wildman–Crippen MR) is 97.6 cm³/mol. The van der Waals surface area contributed by atoms with E-state index in [-0.39, 0.29) is 0 Å². The molecule has 4 heteroatoms. The molecule has 1 saturated carbocycles. The SMILES string of the molecule is CCCc1cc(OCc2ccccc2)n(CC2OC3CCC2CC3)n1. The molecule has 1 aromatic carbocycles. The van der Waals surface area contributed by atoms with Gasteiger partial charge in [0.25, 0.3) is 0 Å².